The first-order valence-corrected chi connectivity index (χ1v) is 4.29. The number of nitrogens with zero attached hydrogens (tertiary/aromatic N) is 1. The van der Waals surface area contributed by atoms with Gasteiger partial charge in [-0.3, -0.25) is 0 Å². The Balaban J connectivity index is 1.81. The van der Waals surface area contributed by atoms with Crippen LogP contribution in [-0.2, 0) is 4.74 Å². The van der Waals surface area contributed by atoms with Crippen molar-refractivity contribution in [3.05, 3.63) is 0 Å². The molecule has 1 heterocycles. The molecule has 0 bridgehead atoms. The van der Waals surface area contributed by atoms with Crippen molar-refractivity contribution < 1.29 is 4.74 Å². The van der Waals surface area contributed by atoms with Crippen molar-refractivity contribution in [3.63, 3.8) is 0 Å². The average molecular weight is 158 g/mol. The van der Waals surface area contributed by atoms with Crippen LogP contribution in [0.4, 0.5) is 0 Å². The van der Waals surface area contributed by atoms with Crippen molar-refractivity contribution in [1.82, 2.24) is 4.90 Å². The van der Waals surface area contributed by atoms with E-state index in [4.69, 9.17) is 10.5 Å². The van der Waals surface area contributed by atoms with Gasteiger partial charge in [0.05, 0.1) is 6.61 Å². The minimum Gasteiger partial charge on any atom is -0.381 e. The zero-order valence-corrected chi connectivity index (χ0v) is 7.25. The Morgan fingerprint density at radius 1 is 1.55 bits per heavy atom. The topological polar surface area (TPSA) is 38.5 Å². The third kappa shape index (κ3) is 3.18. The summed E-state index contributed by atoms with van der Waals surface area (Å²) >= 11 is 0. The van der Waals surface area contributed by atoms with Gasteiger partial charge in [-0.2, -0.15) is 0 Å². The molecule has 0 spiro atoms. The van der Waals surface area contributed by atoms with Crippen LogP contribution in [0.2, 0.25) is 0 Å². The molecule has 66 valence electrons. The summed E-state index contributed by atoms with van der Waals surface area (Å²) in [5.74, 6) is 0.776. The van der Waals surface area contributed by atoms with Crippen LogP contribution >= 0.6 is 0 Å². The number of hydrogen-bond donors (Lipinski definition) is 1. The molecule has 3 heteroatoms. The zero-order chi connectivity index (χ0) is 8.10. The Kier molecular flexibility index (Phi) is 3.83. The van der Waals surface area contributed by atoms with Crippen LogP contribution in [0, 0.1) is 5.92 Å². The maximum Gasteiger partial charge on any atom is 0.0518 e. The average Bonchev–Trinajstić information content (AvgIpc) is 1.94. The van der Waals surface area contributed by atoms with Crippen LogP contribution in [-0.4, -0.2) is 44.8 Å². The Morgan fingerprint density at radius 3 is 2.82 bits per heavy atom. The van der Waals surface area contributed by atoms with Gasteiger partial charge in [0.1, 0.15) is 0 Å². The lowest BCUT2D eigenvalue weighted by Crippen LogP contribution is -2.45. The van der Waals surface area contributed by atoms with Crippen LogP contribution < -0.4 is 5.73 Å². The summed E-state index contributed by atoms with van der Waals surface area (Å²) in [4.78, 5) is 2.30. The third-order valence-electron chi connectivity index (χ3n) is 1.99. The lowest BCUT2D eigenvalue weighted by molar-refractivity contribution is 0.0276. The monoisotopic (exact) mass is 158 g/mol. The summed E-state index contributed by atoms with van der Waals surface area (Å²) in [5.41, 5.74) is 5.33. The number of likely N-dealkylation sites (tertiary alicyclic amines) is 1. The van der Waals surface area contributed by atoms with Gasteiger partial charge in [0.25, 0.3) is 0 Å². The van der Waals surface area contributed by atoms with Gasteiger partial charge in [-0.15, -0.1) is 0 Å². The van der Waals surface area contributed by atoms with E-state index in [1.54, 1.807) is 0 Å². The Hall–Kier alpha value is -0.120. The van der Waals surface area contributed by atoms with E-state index in [2.05, 4.69) is 11.9 Å². The maximum absolute atomic E-state index is 5.42. The Labute approximate surface area is 68.5 Å². The lowest BCUT2D eigenvalue weighted by Gasteiger charge is -2.35. The van der Waals surface area contributed by atoms with Gasteiger partial charge in [-0.05, 0) is 20.0 Å². The van der Waals surface area contributed by atoms with Crippen molar-refractivity contribution in [2.24, 2.45) is 11.7 Å². The number of hydrogen-bond acceptors (Lipinski definition) is 3. The fourth-order valence-corrected chi connectivity index (χ4v) is 1.37. The molecule has 0 aromatic rings. The molecule has 1 fully saturated rings. The molecule has 1 aliphatic rings. The standard InChI is InChI=1S/C8H18N2O/c1-10-5-8(6-10)7-11-4-2-3-9/h8H,2-7,9H2,1H3. The van der Waals surface area contributed by atoms with E-state index < -0.39 is 0 Å². The Morgan fingerprint density at radius 2 is 2.27 bits per heavy atom. The van der Waals surface area contributed by atoms with Crippen LogP contribution in [0.3, 0.4) is 0 Å². The Bertz CT molecular complexity index is 102. The SMILES string of the molecule is CN1CC(COCCCN)C1. The molecular formula is C8H18N2O. The summed E-state index contributed by atoms with van der Waals surface area (Å²) < 4.78 is 5.42. The molecular weight excluding hydrogens is 140 g/mol. The molecule has 1 rings (SSSR count). The normalized spacial score (nSPS) is 20.2. The van der Waals surface area contributed by atoms with Crippen LogP contribution in [0.1, 0.15) is 6.42 Å². The fourth-order valence-electron chi connectivity index (χ4n) is 1.37. The highest BCUT2D eigenvalue weighted by atomic mass is 16.5. The quantitative estimate of drug-likeness (QED) is 0.568. The van der Waals surface area contributed by atoms with Crippen molar-refractivity contribution in [1.29, 1.82) is 0 Å². The van der Waals surface area contributed by atoms with Gasteiger partial charge in [0.15, 0.2) is 0 Å². The molecule has 3 nitrogen and oxygen atoms in total. The summed E-state index contributed by atoms with van der Waals surface area (Å²) in [7, 11) is 2.14. The molecule has 0 saturated carbocycles. The predicted molar refractivity (Wildman–Crippen MR) is 45.5 cm³/mol. The first kappa shape index (κ1) is 8.97. The van der Waals surface area contributed by atoms with Crippen molar-refractivity contribution in [2.45, 2.75) is 6.42 Å². The zero-order valence-electron chi connectivity index (χ0n) is 7.25. The first-order valence-electron chi connectivity index (χ1n) is 4.29. The molecule has 0 unspecified atom stereocenters. The summed E-state index contributed by atoms with van der Waals surface area (Å²) in [6.45, 7) is 4.89. The lowest BCUT2D eigenvalue weighted by atomic mass is 10.0. The molecule has 11 heavy (non-hydrogen) atoms. The fraction of sp³-hybridized carbons (Fsp3) is 1.00. The smallest absolute Gasteiger partial charge is 0.0518 e. The van der Waals surface area contributed by atoms with E-state index in [0.717, 1.165) is 32.1 Å². The maximum atomic E-state index is 5.42. The minimum atomic E-state index is 0.741. The third-order valence-corrected chi connectivity index (χ3v) is 1.99. The number of ether oxygens (including phenoxy) is 1. The molecule has 0 aliphatic carbocycles. The van der Waals surface area contributed by atoms with E-state index in [9.17, 15) is 0 Å². The van der Waals surface area contributed by atoms with Crippen molar-refractivity contribution >= 4 is 0 Å². The molecule has 0 atom stereocenters. The van der Waals surface area contributed by atoms with Gasteiger partial charge < -0.3 is 15.4 Å². The molecule has 0 amide bonds. The van der Waals surface area contributed by atoms with Crippen molar-refractivity contribution in [2.75, 3.05) is 39.9 Å². The van der Waals surface area contributed by atoms with Crippen LogP contribution in [0.5, 0.6) is 0 Å². The van der Waals surface area contributed by atoms with Gasteiger partial charge >= 0.3 is 0 Å². The second-order valence-electron chi connectivity index (χ2n) is 3.30. The van der Waals surface area contributed by atoms with Crippen molar-refractivity contribution in [3.8, 4) is 0 Å². The van der Waals surface area contributed by atoms with Gasteiger partial charge in [-0.25, -0.2) is 0 Å². The minimum absolute atomic E-state index is 0.741. The predicted octanol–water partition coefficient (Wildman–Crippen LogP) is -0.0866. The van der Waals surface area contributed by atoms with E-state index in [1.165, 1.54) is 13.1 Å². The molecule has 0 aromatic carbocycles. The van der Waals surface area contributed by atoms with Gasteiger partial charge in [0, 0.05) is 25.6 Å². The molecule has 0 aromatic heterocycles. The van der Waals surface area contributed by atoms with Crippen LogP contribution in [0.25, 0.3) is 0 Å². The highest BCUT2D eigenvalue weighted by molar-refractivity contribution is 4.75. The van der Waals surface area contributed by atoms with E-state index in [1.807, 2.05) is 0 Å². The molecule has 0 radical (unpaired) electrons. The summed E-state index contributed by atoms with van der Waals surface area (Å²) in [5, 5.41) is 0. The van der Waals surface area contributed by atoms with E-state index in [-0.39, 0.29) is 0 Å². The number of nitrogens with two attached hydrogens (primary N) is 1. The molecule has 1 saturated heterocycles. The van der Waals surface area contributed by atoms with Gasteiger partial charge in [0.2, 0.25) is 0 Å². The second kappa shape index (κ2) is 4.70. The molecule has 2 N–H and O–H groups in total. The highest BCUT2D eigenvalue weighted by Crippen LogP contribution is 2.12. The number of rotatable bonds is 5. The highest BCUT2D eigenvalue weighted by Gasteiger charge is 2.22. The summed E-state index contributed by atoms with van der Waals surface area (Å²) in [6, 6.07) is 0. The second-order valence-corrected chi connectivity index (χ2v) is 3.30. The van der Waals surface area contributed by atoms with E-state index in [0.29, 0.717) is 0 Å². The first-order chi connectivity index (χ1) is 5.33. The largest absolute Gasteiger partial charge is 0.381 e. The van der Waals surface area contributed by atoms with Crippen LogP contribution in [0.15, 0.2) is 0 Å². The van der Waals surface area contributed by atoms with Gasteiger partial charge in [-0.1, -0.05) is 0 Å². The van der Waals surface area contributed by atoms with E-state index >= 15 is 0 Å². The molecule has 1 aliphatic heterocycles. The summed E-state index contributed by atoms with van der Waals surface area (Å²) in [6.07, 6.45) is 0.989.